The highest BCUT2D eigenvalue weighted by molar-refractivity contribution is 5.88. The lowest BCUT2D eigenvalue weighted by atomic mass is 10.2. The Morgan fingerprint density at radius 3 is 2.39 bits per heavy atom. The molecule has 1 aliphatic rings. The molecule has 0 aliphatic carbocycles. The second kappa shape index (κ2) is 7.54. The number of nitrogens with zero attached hydrogens (tertiary/aromatic N) is 2. The number of rotatable bonds is 6. The molecule has 0 bridgehead atoms. The molecule has 0 N–H and O–H groups in total. The van der Waals surface area contributed by atoms with Crippen molar-refractivity contribution in [3.05, 3.63) is 12.2 Å². The van der Waals surface area contributed by atoms with Gasteiger partial charge < -0.3 is 4.74 Å². The summed E-state index contributed by atoms with van der Waals surface area (Å²) in [5.41, 5.74) is 0.564. The Kier molecular flexibility index (Phi) is 6.36. The first kappa shape index (κ1) is 15.2. The second-order valence-corrected chi connectivity index (χ2v) is 4.89. The van der Waals surface area contributed by atoms with E-state index in [0.29, 0.717) is 24.8 Å². The number of piperazine rings is 1. The van der Waals surface area contributed by atoms with E-state index >= 15 is 0 Å². The number of carbonyl (C=O) groups is 1. The fraction of sp³-hybridized carbons (Fsp3) is 0.786. The Balaban J connectivity index is 2.31. The van der Waals surface area contributed by atoms with Gasteiger partial charge in [-0.3, -0.25) is 9.80 Å². The second-order valence-electron chi connectivity index (χ2n) is 4.89. The molecule has 0 saturated carbocycles. The Morgan fingerprint density at radius 2 is 1.89 bits per heavy atom. The topological polar surface area (TPSA) is 32.8 Å². The molecule has 0 spiro atoms. The van der Waals surface area contributed by atoms with Crippen LogP contribution in [0.5, 0.6) is 0 Å². The maximum atomic E-state index is 11.5. The molecular formula is C14H26N2O2. The fourth-order valence-corrected chi connectivity index (χ4v) is 2.19. The van der Waals surface area contributed by atoms with Crippen LogP contribution in [0.2, 0.25) is 0 Å². The highest BCUT2D eigenvalue weighted by Crippen LogP contribution is 2.10. The van der Waals surface area contributed by atoms with Crippen LogP contribution >= 0.6 is 0 Å². The minimum atomic E-state index is -0.262. The maximum Gasteiger partial charge on any atom is 0.334 e. The summed E-state index contributed by atoms with van der Waals surface area (Å²) in [7, 11) is 0. The van der Waals surface area contributed by atoms with Crippen molar-refractivity contribution in [2.24, 2.45) is 0 Å². The van der Waals surface area contributed by atoms with Crippen molar-refractivity contribution in [2.45, 2.75) is 33.2 Å². The van der Waals surface area contributed by atoms with Gasteiger partial charge in [0.05, 0.1) is 6.61 Å². The minimum absolute atomic E-state index is 0.262. The largest absolute Gasteiger partial charge is 0.463 e. The number of esters is 1. The van der Waals surface area contributed by atoms with Gasteiger partial charge in [0.1, 0.15) is 0 Å². The van der Waals surface area contributed by atoms with E-state index in [1.54, 1.807) is 0 Å². The van der Waals surface area contributed by atoms with E-state index in [-0.39, 0.29) is 5.97 Å². The van der Waals surface area contributed by atoms with Crippen molar-refractivity contribution in [2.75, 3.05) is 39.3 Å². The average Bonchev–Trinajstić information content (AvgIpc) is 2.39. The third-order valence-electron chi connectivity index (χ3n) is 3.60. The van der Waals surface area contributed by atoms with Crippen LogP contribution in [0.25, 0.3) is 0 Å². The molecule has 1 heterocycles. The van der Waals surface area contributed by atoms with Crippen molar-refractivity contribution in [3.8, 4) is 0 Å². The summed E-state index contributed by atoms with van der Waals surface area (Å²) in [4.78, 5) is 16.3. The summed E-state index contributed by atoms with van der Waals surface area (Å²) in [6, 6.07) is 0.653. The van der Waals surface area contributed by atoms with Gasteiger partial charge in [-0.2, -0.15) is 0 Å². The van der Waals surface area contributed by atoms with Crippen LogP contribution in [0.3, 0.4) is 0 Å². The van der Waals surface area contributed by atoms with E-state index in [0.717, 1.165) is 26.2 Å². The Morgan fingerprint density at radius 1 is 1.28 bits per heavy atom. The molecule has 1 aliphatic heterocycles. The molecule has 4 nitrogen and oxygen atoms in total. The van der Waals surface area contributed by atoms with E-state index in [1.807, 2.05) is 6.92 Å². The molecule has 18 heavy (non-hydrogen) atoms. The molecule has 0 radical (unpaired) electrons. The monoisotopic (exact) mass is 254 g/mol. The SMILES string of the molecule is C=C(CN1CCN(C(C)CC)CC1)C(=O)OCC. The zero-order valence-electron chi connectivity index (χ0n) is 11.9. The zero-order chi connectivity index (χ0) is 13.5. The van der Waals surface area contributed by atoms with Crippen LogP contribution in [0.4, 0.5) is 0 Å². The molecule has 0 aromatic heterocycles. The first-order valence-corrected chi connectivity index (χ1v) is 6.89. The van der Waals surface area contributed by atoms with Gasteiger partial charge >= 0.3 is 5.97 Å². The predicted octanol–water partition coefficient (Wildman–Crippen LogP) is 1.52. The predicted molar refractivity (Wildman–Crippen MR) is 73.5 cm³/mol. The van der Waals surface area contributed by atoms with Gasteiger partial charge in [0, 0.05) is 44.3 Å². The maximum absolute atomic E-state index is 11.5. The van der Waals surface area contributed by atoms with Crippen molar-refractivity contribution in [1.29, 1.82) is 0 Å². The van der Waals surface area contributed by atoms with E-state index in [4.69, 9.17) is 4.74 Å². The summed E-state index contributed by atoms with van der Waals surface area (Å²) in [5.74, 6) is -0.262. The van der Waals surface area contributed by atoms with E-state index in [1.165, 1.54) is 6.42 Å². The first-order valence-electron chi connectivity index (χ1n) is 6.89. The Hall–Kier alpha value is -0.870. The van der Waals surface area contributed by atoms with Gasteiger partial charge in [-0.1, -0.05) is 13.5 Å². The molecule has 0 aromatic carbocycles. The van der Waals surface area contributed by atoms with Gasteiger partial charge in [0.2, 0.25) is 0 Å². The quantitative estimate of drug-likeness (QED) is 0.531. The molecule has 1 atom stereocenters. The van der Waals surface area contributed by atoms with E-state index in [9.17, 15) is 4.79 Å². The summed E-state index contributed by atoms with van der Waals surface area (Å²) in [6.07, 6.45) is 1.19. The van der Waals surface area contributed by atoms with Crippen LogP contribution in [-0.4, -0.2) is 61.1 Å². The molecular weight excluding hydrogens is 228 g/mol. The summed E-state index contributed by atoms with van der Waals surface area (Å²) >= 11 is 0. The van der Waals surface area contributed by atoms with E-state index in [2.05, 4.69) is 30.2 Å². The van der Waals surface area contributed by atoms with Gasteiger partial charge in [0.25, 0.3) is 0 Å². The van der Waals surface area contributed by atoms with Crippen LogP contribution in [-0.2, 0) is 9.53 Å². The summed E-state index contributed by atoms with van der Waals surface area (Å²) < 4.78 is 4.95. The average molecular weight is 254 g/mol. The normalized spacial score (nSPS) is 19.5. The van der Waals surface area contributed by atoms with Crippen LogP contribution in [0, 0.1) is 0 Å². The van der Waals surface area contributed by atoms with Crippen LogP contribution in [0.15, 0.2) is 12.2 Å². The first-order chi connectivity index (χ1) is 8.58. The number of ether oxygens (including phenoxy) is 1. The molecule has 1 unspecified atom stereocenters. The van der Waals surface area contributed by atoms with Crippen LogP contribution < -0.4 is 0 Å². The number of hydrogen-bond acceptors (Lipinski definition) is 4. The summed E-state index contributed by atoms with van der Waals surface area (Å²) in [6.45, 7) is 15.3. The molecule has 104 valence electrons. The Labute approximate surface area is 111 Å². The van der Waals surface area contributed by atoms with Crippen molar-refractivity contribution >= 4 is 5.97 Å². The molecule has 0 aromatic rings. The highest BCUT2D eigenvalue weighted by atomic mass is 16.5. The molecule has 4 heteroatoms. The molecule has 0 amide bonds. The molecule has 1 fully saturated rings. The lowest BCUT2D eigenvalue weighted by molar-refractivity contribution is -0.138. The molecule has 1 saturated heterocycles. The van der Waals surface area contributed by atoms with Gasteiger partial charge in [-0.05, 0) is 20.3 Å². The van der Waals surface area contributed by atoms with Crippen molar-refractivity contribution in [1.82, 2.24) is 9.80 Å². The molecule has 1 rings (SSSR count). The summed E-state index contributed by atoms with van der Waals surface area (Å²) in [5, 5.41) is 0. The Bertz CT molecular complexity index is 284. The van der Waals surface area contributed by atoms with Crippen molar-refractivity contribution in [3.63, 3.8) is 0 Å². The smallest absolute Gasteiger partial charge is 0.334 e. The van der Waals surface area contributed by atoms with E-state index < -0.39 is 0 Å². The highest BCUT2D eigenvalue weighted by Gasteiger charge is 2.21. The zero-order valence-corrected chi connectivity index (χ0v) is 11.9. The third kappa shape index (κ3) is 4.42. The van der Waals surface area contributed by atoms with Gasteiger partial charge in [0.15, 0.2) is 0 Å². The number of carbonyl (C=O) groups excluding carboxylic acids is 1. The third-order valence-corrected chi connectivity index (χ3v) is 3.60. The number of hydrogen-bond donors (Lipinski definition) is 0. The minimum Gasteiger partial charge on any atom is -0.463 e. The van der Waals surface area contributed by atoms with Crippen molar-refractivity contribution < 1.29 is 9.53 Å². The van der Waals surface area contributed by atoms with Gasteiger partial charge in [-0.15, -0.1) is 0 Å². The lowest BCUT2D eigenvalue weighted by Gasteiger charge is -2.37. The van der Waals surface area contributed by atoms with Gasteiger partial charge in [-0.25, -0.2) is 4.79 Å². The lowest BCUT2D eigenvalue weighted by Crippen LogP contribution is -2.50. The van der Waals surface area contributed by atoms with Crippen LogP contribution in [0.1, 0.15) is 27.2 Å². The standard InChI is InChI=1S/C14H26N2O2/c1-5-13(4)16-9-7-15(8-10-16)11-12(3)14(17)18-6-2/h13H,3,5-11H2,1-2,4H3. The fourth-order valence-electron chi connectivity index (χ4n) is 2.19.